The third kappa shape index (κ3) is 1.90. The van der Waals surface area contributed by atoms with Crippen LogP contribution in [0.1, 0.15) is 22.9 Å². The minimum atomic E-state index is 0.171. The molecule has 1 atom stereocenters. The van der Waals surface area contributed by atoms with Crippen molar-refractivity contribution in [3.63, 3.8) is 0 Å². The highest BCUT2D eigenvalue weighted by molar-refractivity contribution is 5.87. The Morgan fingerprint density at radius 1 is 0.957 bits per heavy atom. The molecule has 0 bridgehead atoms. The maximum Gasteiger partial charge on any atom is 0.0753 e. The largest absolute Gasteiger partial charge is 0.357 e. The molecule has 3 nitrogen and oxygen atoms in total. The molecule has 2 aromatic carbocycles. The maximum absolute atomic E-state index is 4.63. The molecule has 0 fully saturated rings. The molecule has 23 heavy (non-hydrogen) atoms. The Kier molecular flexibility index (Phi) is 2.76. The molecule has 5 rings (SSSR count). The summed E-state index contributed by atoms with van der Waals surface area (Å²) in [6.45, 7) is 0.989. The van der Waals surface area contributed by atoms with Crippen LogP contribution in [0.4, 0.5) is 0 Å². The van der Waals surface area contributed by atoms with Crippen LogP contribution < -0.4 is 5.32 Å². The zero-order chi connectivity index (χ0) is 15.2. The smallest absolute Gasteiger partial charge is 0.0753 e. The van der Waals surface area contributed by atoms with Crippen LogP contribution in [0.2, 0.25) is 0 Å². The number of H-pyrrole nitrogens is 1. The van der Waals surface area contributed by atoms with Gasteiger partial charge in [0, 0.05) is 40.3 Å². The Balaban J connectivity index is 1.76. The van der Waals surface area contributed by atoms with E-state index in [9.17, 15) is 0 Å². The fourth-order valence-corrected chi connectivity index (χ4v) is 3.81. The first-order valence-electron chi connectivity index (χ1n) is 8.08. The van der Waals surface area contributed by atoms with Gasteiger partial charge in [0.25, 0.3) is 0 Å². The molecule has 4 aromatic rings. The van der Waals surface area contributed by atoms with Gasteiger partial charge in [-0.25, -0.2) is 0 Å². The number of nitrogens with one attached hydrogen (secondary N) is 2. The van der Waals surface area contributed by atoms with E-state index in [1.54, 1.807) is 0 Å². The molecule has 0 saturated heterocycles. The van der Waals surface area contributed by atoms with E-state index in [1.165, 1.54) is 33.1 Å². The number of rotatable bonds is 1. The number of benzene rings is 2. The molecule has 2 N–H and O–H groups in total. The fraction of sp³-hybridized carbons (Fsp3) is 0.150. The molecule has 0 spiro atoms. The van der Waals surface area contributed by atoms with Gasteiger partial charge in [-0.05, 0) is 24.1 Å². The fourth-order valence-electron chi connectivity index (χ4n) is 3.81. The van der Waals surface area contributed by atoms with Crippen LogP contribution in [0.5, 0.6) is 0 Å². The van der Waals surface area contributed by atoms with Gasteiger partial charge in [-0.2, -0.15) is 0 Å². The van der Waals surface area contributed by atoms with Crippen LogP contribution >= 0.6 is 0 Å². The number of fused-ring (bicyclic) bond motifs is 4. The van der Waals surface area contributed by atoms with Crippen LogP contribution in [-0.4, -0.2) is 16.5 Å². The van der Waals surface area contributed by atoms with Crippen LogP contribution in [0, 0.1) is 0 Å². The molecule has 0 unspecified atom stereocenters. The first-order chi connectivity index (χ1) is 11.4. The Morgan fingerprint density at radius 3 is 2.87 bits per heavy atom. The summed E-state index contributed by atoms with van der Waals surface area (Å²) in [7, 11) is 0. The maximum atomic E-state index is 4.63. The average molecular weight is 299 g/mol. The number of aromatic amines is 1. The molecule has 1 aliphatic heterocycles. The van der Waals surface area contributed by atoms with Crippen LogP contribution in [0.25, 0.3) is 21.8 Å². The summed E-state index contributed by atoms with van der Waals surface area (Å²) in [4.78, 5) is 8.27. The predicted molar refractivity (Wildman–Crippen MR) is 93.6 cm³/mol. The Morgan fingerprint density at radius 2 is 1.87 bits per heavy atom. The number of hydrogen-bond donors (Lipinski definition) is 2. The van der Waals surface area contributed by atoms with Crippen molar-refractivity contribution in [2.75, 3.05) is 6.54 Å². The Labute approximate surface area is 134 Å². The first-order valence-corrected chi connectivity index (χ1v) is 8.08. The zero-order valence-corrected chi connectivity index (χ0v) is 12.7. The summed E-state index contributed by atoms with van der Waals surface area (Å²) in [6, 6.07) is 19.3. The van der Waals surface area contributed by atoms with Crippen molar-refractivity contribution in [1.82, 2.24) is 15.3 Å². The van der Waals surface area contributed by atoms with Gasteiger partial charge in [0.2, 0.25) is 0 Å². The molecule has 112 valence electrons. The summed E-state index contributed by atoms with van der Waals surface area (Å²) in [6.07, 6.45) is 2.94. The monoisotopic (exact) mass is 299 g/mol. The van der Waals surface area contributed by atoms with Crippen molar-refractivity contribution >= 4 is 21.8 Å². The molecule has 1 aliphatic rings. The number of nitrogens with zero attached hydrogens (tertiary/aromatic N) is 1. The summed E-state index contributed by atoms with van der Waals surface area (Å²) >= 11 is 0. The van der Waals surface area contributed by atoms with E-state index < -0.39 is 0 Å². The van der Waals surface area contributed by atoms with Gasteiger partial charge in [-0.1, -0.05) is 42.5 Å². The number of para-hydroxylation sites is 2. The summed E-state index contributed by atoms with van der Waals surface area (Å²) in [5.41, 5.74) is 6.28. The van der Waals surface area contributed by atoms with Crippen molar-refractivity contribution in [3.05, 3.63) is 77.6 Å². The molecule has 0 amide bonds. The van der Waals surface area contributed by atoms with Crippen LogP contribution in [-0.2, 0) is 6.42 Å². The van der Waals surface area contributed by atoms with Crippen molar-refractivity contribution in [1.29, 1.82) is 0 Å². The SMILES string of the molecule is c1cnc2c([C@H]3NCCc4c3[nH]c3ccccc43)cccc2c1. The molecular formula is C20H17N3. The minimum absolute atomic E-state index is 0.171. The minimum Gasteiger partial charge on any atom is -0.357 e. The highest BCUT2D eigenvalue weighted by Crippen LogP contribution is 2.35. The molecular weight excluding hydrogens is 282 g/mol. The molecule has 2 aromatic heterocycles. The number of pyridine rings is 1. The third-order valence-corrected chi connectivity index (χ3v) is 4.83. The second-order valence-corrected chi connectivity index (χ2v) is 6.12. The predicted octanol–water partition coefficient (Wildman–Crippen LogP) is 3.95. The molecule has 0 saturated carbocycles. The van der Waals surface area contributed by atoms with E-state index in [0.717, 1.165) is 18.5 Å². The summed E-state index contributed by atoms with van der Waals surface area (Å²) < 4.78 is 0. The lowest BCUT2D eigenvalue weighted by Gasteiger charge is -2.25. The Bertz CT molecular complexity index is 1010. The van der Waals surface area contributed by atoms with Crippen LogP contribution in [0.15, 0.2) is 60.8 Å². The van der Waals surface area contributed by atoms with Gasteiger partial charge in [0.05, 0.1) is 11.6 Å². The standard InChI is InChI=1S/C20H17N3/c1-2-9-17-14(7-1)15-10-12-22-19(20(15)23-17)16-8-3-5-13-6-4-11-21-18(13)16/h1-9,11,19,22-23H,10,12H2/t19-/m1/s1. The van der Waals surface area contributed by atoms with Crippen molar-refractivity contribution in [3.8, 4) is 0 Å². The van der Waals surface area contributed by atoms with E-state index in [2.05, 4.69) is 63.8 Å². The average Bonchev–Trinajstić information content (AvgIpc) is 3.00. The molecule has 0 radical (unpaired) electrons. The quantitative estimate of drug-likeness (QED) is 0.559. The Hall–Kier alpha value is -2.65. The molecule has 0 aliphatic carbocycles. The summed E-state index contributed by atoms with van der Waals surface area (Å²) in [5, 5.41) is 6.21. The van der Waals surface area contributed by atoms with Gasteiger partial charge in [-0.15, -0.1) is 0 Å². The number of hydrogen-bond acceptors (Lipinski definition) is 2. The second kappa shape index (κ2) is 4.93. The first kappa shape index (κ1) is 12.9. The van der Waals surface area contributed by atoms with Crippen LogP contribution in [0.3, 0.4) is 0 Å². The summed E-state index contributed by atoms with van der Waals surface area (Å²) in [5.74, 6) is 0. The van der Waals surface area contributed by atoms with Crippen molar-refractivity contribution < 1.29 is 0 Å². The van der Waals surface area contributed by atoms with E-state index in [0.29, 0.717) is 0 Å². The lowest BCUT2D eigenvalue weighted by molar-refractivity contribution is 0.562. The lowest BCUT2D eigenvalue weighted by Crippen LogP contribution is -2.30. The van der Waals surface area contributed by atoms with Gasteiger partial charge < -0.3 is 10.3 Å². The molecule has 3 heterocycles. The van der Waals surface area contributed by atoms with E-state index >= 15 is 0 Å². The normalized spacial score (nSPS) is 17.5. The van der Waals surface area contributed by atoms with E-state index in [-0.39, 0.29) is 6.04 Å². The topological polar surface area (TPSA) is 40.7 Å². The van der Waals surface area contributed by atoms with Crippen molar-refractivity contribution in [2.24, 2.45) is 0 Å². The zero-order valence-electron chi connectivity index (χ0n) is 12.7. The second-order valence-electron chi connectivity index (χ2n) is 6.12. The lowest BCUT2D eigenvalue weighted by atomic mass is 9.93. The van der Waals surface area contributed by atoms with Gasteiger partial charge >= 0.3 is 0 Å². The highest BCUT2D eigenvalue weighted by Gasteiger charge is 2.26. The third-order valence-electron chi connectivity index (χ3n) is 4.83. The van der Waals surface area contributed by atoms with Crippen molar-refractivity contribution in [2.45, 2.75) is 12.5 Å². The van der Waals surface area contributed by atoms with E-state index in [4.69, 9.17) is 0 Å². The highest BCUT2D eigenvalue weighted by atomic mass is 15.0. The van der Waals surface area contributed by atoms with Gasteiger partial charge in [0.15, 0.2) is 0 Å². The van der Waals surface area contributed by atoms with Gasteiger partial charge in [-0.3, -0.25) is 4.98 Å². The molecule has 3 heteroatoms. The number of aromatic nitrogens is 2. The van der Waals surface area contributed by atoms with E-state index in [1.807, 2.05) is 12.3 Å². The van der Waals surface area contributed by atoms with Gasteiger partial charge in [0.1, 0.15) is 0 Å².